The molecule has 1 amide bonds. The molecular weight excluding hydrogens is 158 g/mol. The summed E-state index contributed by atoms with van der Waals surface area (Å²) in [4.78, 5) is 22.0. The number of hydrogen-bond donors (Lipinski definition) is 1. The number of carbonyl (C=O) groups excluding carboxylic acids is 2. The Hall–Kier alpha value is -1.06. The molecule has 0 aromatic heterocycles. The minimum absolute atomic E-state index is 0.0344. The normalized spacial score (nSPS) is 18.2. The third-order valence-corrected chi connectivity index (χ3v) is 1.86. The third-order valence-electron chi connectivity index (χ3n) is 1.86. The summed E-state index contributed by atoms with van der Waals surface area (Å²) in [6.45, 7) is 1.62. The lowest BCUT2D eigenvalue weighted by atomic mass is 10.3. The van der Waals surface area contributed by atoms with Gasteiger partial charge in [0.1, 0.15) is 6.04 Å². The van der Waals surface area contributed by atoms with Crippen molar-refractivity contribution in [3.8, 4) is 0 Å². The molecule has 1 rings (SSSR count). The van der Waals surface area contributed by atoms with E-state index >= 15 is 0 Å². The molecule has 68 valence electrons. The summed E-state index contributed by atoms with van der Waals surface area (Å²) in [5.74, 6) is -0.297. The van der Waals surface area contributed by atoms with Crippen molar-refractivity contribution in [3.05, 3.63) is 0 Å². The van der Waals surface area contributed by atoms with E-state index < -0.39 is 12.0 Å². The highest BCUT2D eigenvalue weighted by atomic mass is 16.5. The Morgan fingerprint density at radius 3 is 2.50 bits per heavy atom. The minimum Gasteiger partial charge on any atom is -0.467 e. The van der Waals surface area contributed by atoms with Crippen LogP contribution in [0.15, 0.2) is 0 Å². The van der Waals surface area contributed by atoms with Crippen LogP contribution in [0, 0.1) is 5.92 Å². The van der Waals surface area contributed by atoms with Crippen LogP contribution in [0.5, 0.6) is 0 Å². The fourth-order valence-corrected chi connectivity index (χ4v) is 0.912. The van der Waals surface area contributed by atoms with Crippen LogP contribution in [0.1, 0.15) is 19.8 Å². The van der Waals surface area contributed by atoms with Crippen molar-refractivity contribution < 1.29 is 14.3 Å². The van der Waals surface area contributed by atoms with Crippen molar-refractivity contribution in [2.45, 2.75) is 25.8 Å². The van der Waals surface area contributed by atoms with Crippen molar-refractivity contribution in [1.29, 1.82) is 0 Å². The standard InChI is InChI=1S/C8H13NO3/c1-5(8(11)12-2)9-7(10)6-3-4-6/h5-6H,3-4H2,1-2H3,(H,9,10). The molecule has 1 aliphatic carbocycles. The zero-order valence-electron chi connectivity index (χ0n) is 7.29. The Labute approximate surface area is 71.3 Å². The summed E-state index contributed by atoms with van der Waals surface area (Å²) in [5, 5.41) is 2.58. The zero-order valence-corrected chi connectivity index (χ0v) is 7.29. The summed E-state index contributed by atoms with van der Waals surface area (Å²) >= 11 is 0. The maximum atomic E-state index is 11.1. The molecule has 4 heteroatoms. The number of ether oxygens (including phenoxy) is 1. The highest BCUT2D eigenvalue weighted by molar-refractivity contribution is 5.86. The van der Waals surface area contributed by atoms with E-state index in [2.05, 4.69) is 10.1 Å². The lowest BCUT2D eigenvalue weighted by molar-refractivity contribution is -0.144. The number of nitrogens with one attached hydrogen (secondary N) is 1. The van der Waals surface area contributed by atoms with Crippen LogP contribution in [0.2, 0.25) is 0 Å². The van der Waals surface area contributed by atoms with Crippen LogP contribution in [-0.2, 0) is 14.3 Å². The first-order valence-electron chi connectivity index (χ1n) is 4.03. The number of carbonyl (C=O) groups is 2. The second-order valence-electron chi connectivity index (χ2n) is 3.03. The second kappa shape index (κ2) is 3.56. The van der Waals surface area contributed by atoms with E-state index in [9.17, 15) is 9.59 Å². The first kappa shape index (κ1) is 9.03. The Morgan fingerprint density at radius 2 is 2.08 bits per heavy atom. The van der Waals surface area contributed by atoms with E-state index in [1.807, 2.05) is 0 Å². The van der Waals surface area contributed by atoms with Crippen molar-refractivity contribution in [1.82, 2.24) is 5.32 Å². The van der Waals surface area contributed by atoms with Gasteiger partial charge in [0.15, 0.2) is 0 Å². The van der Waals surface area contributed by atoms with E-state index in [-0.39, 0.29) is 11.8 Å². The predicted octanol–water partition coefficient (Wildman–Crippen LogP) is 0.0741. The zero-order chi connectivity index (χ0) is 9.14. The molecule has 1 aliphatic rings. The smallest absolute Gasteiger partial charge is 0.328 e. The fourth-order valence-electron chi connectivity index (χ4n) is 0.912. The lowest BCUT2D eigenvalue weighted by Gasteiger charge is -2.10. The minimum atomic E-state index is -0.525. The first-order valence-corrected chi connectivity index (χ1v) is 4.03. The molecule has 1 unspecified atom stereocenters. The summed E-state index contributed by atoms with van der Waals surface area (Å²) in [6.07, 6.45) is 1.89. The molecular formula is C8H13NO3. The molecule has 0 heterocycles. The number of esters is 1. The highest BCUT2D eigenvalue weighted by Crippen LogP contribution is 2.28. The summed E-state index contributed by atoms with van der Waals surface area (Å²) < 4.78 is 4.46. The fraction of sp³-hybridized carbons (Fsp3) is 0.750. The van der Waals surface area contributed by atoms with Gasteiger partial charge < -0.3 is 10.1 Å². The van der Waals surface area contributed by atoms with Crippen LogP contribution in [0.3, 0.4) is 0 Å². The van der Waals surface area contributed by atoms with Gasteiger partial charge in [-0.05, 0) is 19.8 Å². The number of rotatable bonds is 3. The van der Waals surface area contributed by atoms with Crippen molar-refractivity contribution in [3.63, 3.8) is 0 Å². The van der Waals surface area contributed by atoms with E-state index in [4.69, 9.17) is 0 Å². The van der Waals surface area contributed by atoms with E-state index in [0.717, 1.165) is 12.8 Å². The van der Waals surface area contributed by atoms with Gasteiger partial charge in [0, 0.05) is 5.92 Å². The molecule has 0 bridgehead atoms. The molecule has 0 aromatic rings. The highest BCUT2D eigenvalue weighted by Gasteiger charge is 2.31. The quantitative estimate of drug-likeness (QED) is 0.611. The average Bonchev–Trinajstić information content (AvgIpc) is 2.84. The number of amides is 1. The monoisotopic (exact) mass is 171 g/mol. The van der Waals surface area contributed by atoms with Gasteiger partial charge in [0.25, 0.3) is 0 Å². The number of methoxy groups -OCH3 is 1. The Morgan fingerprint density at radius 1 is 1.50 bits per heavy atom. The predicted molar refractivity (Wildman–Crippen MR) is 42.3 cm³/mol. The summed E-state index contributed by atoms with van der Waals surface area (Å²) in [5.41, 5.74) is 0. The largest absolute Gasteiger partial charge is 0.467 e. The van der Waals surface area contributed by atoms with Gasteiger partial charge in [-0.1, -0.05) is 0 Å². The maximum Gasteiger partial charge on any atom is 0.328 e. The molecule has 4 nitrogen and oxygen atoms in total. The van der Waals surface area contributed by atoms with Gasteiger partial charge in [0.05, 0.1) is 7.11 Å². The molecule has 1 saturated carbocycles. The topological polar surface area (TPSA) is 55.4 Å². The Bertz CT molecular complexity index is 198. The van der Waals surface area contributed by atoms with Crippen molar-refractivity contribution in [2.75, 3.05) is 7.11 Å². The van der Waals surface area contributed by atoms with E-state index in [1.54, 1.807) is 6.92 Å². The molecule has 0 aromatic carbocycles. The van der Waals surface area contributed by atoms with Gasteiger partial charge in [-0.25, -0.2) is 4.79 Å². The lowest BCUT2D eigenvalue weighted by Crippen LogP contribution is -2.39. The van der Waals surface area contributed by atoms with Gasteiger partial charge in [-0.3, -0.25) is 4.79 Å². The van der Waals surface area contributed by atoms with E-state index in [0.29, 0.717) is 0 Å². The molecule has 1 fully saturated rings. The molecule has 0 aliphatic heterocycles. The van der Waals surface area contributed by atoms with Gasteiger partial charge in [-0.2, -0.15) is 0 Å². The molecule has 1 atom stereocenters. The summed E-state index contributed by atoms with van der Waals surface area (Å²) in [6, 6.07) is -0.525. The molecule has 12 heavy (non-hydrogen) atoms. The Balaban J connectivity index is 2.29. The molecule has 1 N–H and O–H groups in total. The van der Waals surface area contributed by atoms with Crippen LogP contribution >= 0.6 is 0 Å². The summed E-state index contributed by atoms with van der Waals surface area (Å²) in [7, 11) is 1.31. The first-order chi connectivity index (χ1) is 5.65. The van der Waals surface area contributed by atoms with Crippen molar-refractivity contribution >= 4 is 11.9 Å². The maximum absolute atomic E-state index is 11.1. The van der Waals surface area contributed by atoms with Gasteiger partial charge in [-0.15, -0.1) is 0 Å². The average molecular weight is 171 g/mol. The van der Waals surface area contributed by atoms with Crippen LogP contribution in [0.25, 0.3) is 0 Å². The molecule has 0 radical (unpaired) electrons. The Kier molecular flexibility index (Phi) is 2.68. The molecule has 0 spiro atoms. The SMILES string of the molecule is COC(=O)C(C)NC(=O)C1CC1. The van der Waals surface area contributed by atoms with E-state index in [1.165, 1.54) is 7.11 Å². The third kappa shape index (κ3) is 2.22. The van der Waals surface area contributed by atoms with Crippen LogP contribution in [-0.4, -0.2) is 25.0 Å². The van der Waals surface area contributed by atoms with Gasteiger partial charge in [0.2, 0.25) is 5.91 Å². The van der Waals surface area contributed by atoms with Crippen LogP contribution in [0.4, 0.5) is 0 Å². The van der Waals surface area contributed by atoms with Crippen molar-refractivity contribution in [2.24, 2.45) is 5.92 Å². The van der Waals surface area contributed by atoms with Crippen LogP contribution < -0.4 is 5.32 Å². The number of hydrogen-bond acceptors (Lipinski definition) is 3. The second-order valence-corrected chi connectivity index (χ2v) is 3.03. The molecule has 0 saturated heterocycles. The van der Waals surface area contributed by atoms with Gasteiger partial charge >= 0.3 is 5.97 Å².